The van der Waals surface area contributed by atoms with Gasteiger partial charge in [-0.3, -0.25) is 9.69 Å². The lowest BCUT2D eigenvalue weighted by atomic mass is 9.95. The molecule has 6 nitrogen and oxygen atoms in total. The van der Waals surface area contributed by atoms with Gasteiger partial charge in [0.05, 0.1) is 12.0 Å². The molecule has 3 rings (SSSR count). The molecule has 1 amide bonds. The van der Waals surface area contributed by atoms with Crippen molar-refractivity contribution in [2.24, 2.45) is 11.7 Å². The largest absolute Gasteiger partial charge is 0.496 e. The molecule has 1 aliphatic heterocycles. The molecule has 1 heterocycles. The van der Waals surface area contributed by atoms with Crippen LogP contribution in [0.25, 0.3) is 11.1 Å². The van der Waals surface area contributed by atoms with Crippen molar-refractivity contribution >= 4 is 15.7 Å². The van der Waals surface area contributed by atoms with E-state index in [9.17, 15) is 13.2 Å². The maximum atomic E-state index is 11.7. The third-order valence-electron chi connectivity index (χ3n) is 5.25. The Morgan fingerprint density at radius 3 is 2.32 bits per heavy atom. The van der Waals surface area contributed by atoms with E-state index in [2.05, 4.69) is 11.0 Å². The number of sulfone groups is 1. The van der Waals surface area contributed by atoms with Crippen molar-refractivity contribution in [3.8, 4) is 16.9 Å². The van der Waals surface area contributed by atoms with Crippen molar-refractivity contribution in [2.45, 2.75) is 24.3 Å². The fourth-order valence-electron chi connectivity index (χ4n) is 3.59. The number of rotatable bonds is 6. The number of nitrogens with two attached hydrogens (primary N) is 1. The highest BCUT2D eigenvalue weighted by molar-refractivity contribution is 7.90. The second kappa shape index (κ2) is 8.32. The molecule has 2 aromatic carbocycles. The summed E-state index contributed by atoms with van der Waals surface area (Å²) >= 11 is 0. The van der Waals surface area contributed by atoms with Crippen molar-refractivity contribution < 1.29 is 17.9 Å². The molecule has 1 saturated heterocycles. The van der Waals surface area contributed by atoms with Crippen LogP contribution in [-0.2, 0) is 21.2 Å². The average molecular weight is 403 g/mol. The maximum absolute atomic E-state index is 11.7. The molecule has 0 radical (unpaired) electrons. The Morgan fingerprint density at radius 1 is 1.14 bits per heavy atom. The summed E-state index contributed by atoms with van der Waals surface area (Å²) in [4.78, 5) is 13.9. The maximum Gasteiger partial charge on any atom is 0.220 e. The minimum absolute atomic E-state index is 0.0176. The molecule has 0 saturated carbocycles. The normalized spacial score (nSPS) is 16.1. The first-order valence-electron chi connectivity index (χ1n) is 9.27. The monoisotopic (exact) mass is 402 g/mol. The summed E-state index contributed by atoms with van der Waals surface area (Å²) in [6.07, 6.45) is 2.79. The van der Waals surface area contributed by atoms with Gasteiger partial charge in [-0.2, -0.15) is 0 Å². The van der Waals surface area contributed by atoms with Crippen LogP contribution in [0, 0.1) is 5.92 Å². The third kappa shape index (κ3) is 4.72. The van der Waals surface area contributed by atoms with Gasteiger partial charge in [-0.15, -0.1) is 0 Å². The second-order valence-electron chi connectivity index (χ2n) is 7.28. The fourth-order valence-corrected chi connectivity index (χ4v) is 4.23. The molecular formula is C21H26N2O4S. The zero-order chi connectivity index (χ0) is 20.3. The van der Waals surface area contributed by atoms with Gasteiger partial charge in [-0.1, -0.05) is 18.2 Å². The standard InChI is InChI=1S/C21H26N2O4S/c1-27-20-8-3-15(14-23-11-9-17(10-12-23)21(22)24)13-19(20)16-4-6-18(7-5-16)28(2,25)26/h3-8,13,17H,9-12,14H2,1-2H3,(H2,22,24). The number of benzene rings is 2. The molecule has 0 spiro atoms. The number of hydrogen-bond donors (Lipinski definition) is 1. The smallest absolute Gasteiger partial charge is 0.220 e. The Hall–Kier alpha value is -2.38. The SMILES string of the molecule is COc1ccc(CN2CCC(C(N)=O)CC2)cc1-c1ccc(S(C)(=O)=O)cc1. The summed E-state index contributed by atoms with van der Waals surface area (Å²) in [5, 5.41) is 0. The van der Waals surface area contributed by atoms with E-state index in [0.29, 0.717) is 4.90 Å². The number of likely N-dealkylation sites (tertiary alicyclic amines) is 1. The molecule has 7 heteroatoms. The minimum Gasteiger partial charge on any atom is -0.496 e. The third-order valence-corrected chi connectivity index (χ3v) is 6.38. The number of nitrogens with zero attached hydrogens (tertiary/aromatic N) is 1. The summed E-state index contributed by atoms with van der Waals surface area (Å²) in [7, 11) is -1.60. The van der Waals surface area contributed by atoms with Crippen molar-refractivity contribution in [3.63, 3.8) is 0 Å². The quantitative estimate of drug-likeness (QED) is 0.802. The molecule has 1 fully saturated rings. The fraction of sp³-hybridized carbons (Fsp3) is 0.381. The van der Waals surface area contributed by atoms with E-state index >= 15 is 0 Å². The number of amides is 1. The first-order chi connectivity index (χ1) is 13.3. The Kier molecular flexibility index (Phi) is 6.05. The van der Waals surface area contributed by atoms with Crippen LogP contribution in [0.2, 0.25) is 0 Å². The topological polar surface area (TPSA) is 89.7 Å². The highest BCUT2D eigenvalue weighted by atomic mass is 32.2. The number of ether oxygens (including phenoxy) is 1. The van der Waals surface area contributed by atoms with Crippen molar-refractivity contribution in [3.05, 3.63) is 48.0 Å². The van der Waals surface area contributed by atoms with Crippen LogP contribution in [-0.4, -0.2) is 45.7 Å². The minimum atomic E-state index is -3.23. The zero-order valence-corrected chi connectivity index (χ0v) is 17.0. The molecule has 0 aliphatic carbocycles. The van der Waals surface area contributed by atoms with Crippen LogP contribution >= 0.6 is 0 Å². The van der Waals surface area contributed by atoms with Gasteiger partial charge in [0.25, 0.3) is 0 Å². The van der Waals surface area contributed by atoms with Crippen LogP contribution in [0.4, 0.5) is 0 Å². The van der Waals surface area contributed by atoms with Crippen LogP contribution in [0.15, 0.2) is 47.4 Å². The lowest BCUT2D eigenvalue weighted by Gasteiger charge is -2.30. The Balaban J connectivity index is 1.80. The van der Waals surface area contributed by atoms with Gasteiger partial charge in [0.15, 0.2) is 9.84 Å². The molecule has 0 aromatic heterocycles. The number of primary amides is 1. The number of carbonyl (C=O) groups is 1. The Morgan fingerprint density at radius 2 is 1.79 bits per heavy atom. The predicted octanol–water partition coefficient (Wildman–Crippen LogP) is 2.46. The Labute approximate surface area is 166 Å². The molecule has 0 bridgehead atoms. The first kappa shape index (κ1) is 20.4. The van der Waals surface area contributed by atoms with E-state index in [1.165, 1.54) is 6.26 Å². The molecule has 2 aromatic rings. The van der Waals surface area contributed by atoms with Crippen molar-refractivity contribution in [1.82, 2.24) is 4.90 Å². The zero-order valence-electron chi connectivity index (χ0n) is 16.2. The highest BCUT2D eigenvalue weighted by Crippen LogP contribution is 2.32. The van der Waals surface area contributed by atoms with Gasteiger partial charge in [-0.05, 0) is 61.3 Å². The molecular weight excluding hydrogens is 376 g/mol. The summed E-state index contributed by atoms with van der Waals surface area (Å²) in [5.41, 5.74) is 8.37. The van der Waals surface area contributed by atoms with Crippen LogP contribution in [0.5, 0.6) is 5.75 Å². The summed E-state index contributed by atoms with van der Waals surface area (Å²) < 4.78 is 28.9. The lowest BCUT2D eigenvalue weighted by Crippen LogP contribution is -2.38. The summed E-state index contributed by atoms with van der Waals surface area (Å²) in [6, 6.07) is 12.9. The van der Waals surface area contributed by atoms with Crippen LogP contribution in [0.3, 0.4) is 0 Å². The number of hydrogen-bond acceptors (Lipinski definition) is 5. The van der Waals surface area contributed by atoms with E-state index in [1.54, 1.807) is 31.4 Å². The second-order valence-corrected chi connectivity index (χ2v) is 9.30. The molecule has 0 atom stereocenters. The molecule has 2 N–H and O–H groups in total. The van der Waals surface area contributed by atoms with E-state index < -0.39 is 9.84 Å². The van der Waals surface area contributed by atoms with Gasteiger partial charge in [0.2, 0.25) is 5.91 Å². The summed E-state index contributed by atoms with van der Waals surface area (Å²) in [6.45, 7) is 2.47. The van der Waals surface area contributed by atoms with Crippen molar-refractivity contribution in [1.29, 1.82) is 0 Å². The van der Waals surface area contributed by atoms with Gasteiger partial charge in [0.1, 0.15) is 5.75 Å². The lowest BCUT2D eigenvalue weighted by molar-refractivity contribution is -0.123. The van der Waals surface area contributed by atoms with E-state index in [0.717, 1.165) is 54.9 Å². The number of piperidine rings is 1. The van der Waals surface area contributed by atoms with Gasteiger partial charge >= 0.3 is 0 Å². The summed E-state index contributed by atoms with van der Waals surface area (Å²) in [5.74, 6) is 0.517. The van der Waals surface area contributed by atoms with Crippen LogP contribution in [0.1, 0.15) is 18.4 Å². The number of methoxy groups -OCH3 is 1. The van der Waals surface area contributed by atoms with E-state index in [4.69, 9.17) is 10.5 Å². The average Bonchev–Trinajstić information content (AvgIpc) is 2.68. The van der Waals surface area contributed by atoms with Gasteiger partial charge < -0.3 is 10.5 Å². The van der Waals surface area contributed by atoms with Gasteiger partial charge in [-0.25, -0.2) is 8.42 Å². The molecule has 150 valence electrons. The van der Waals surface area contributed by atoms with Crippen LogP contribution < -0.4 is 10.5 Å². The van der Waals surface area contributed by atoms with Crippen molar-refractivity contribution in [2.75, 3.05) is 26.5 Å². The first-order valence-corrected chi connectivity index (χ1v) is 11.2. The van der Waals surface area contributed by atoms with E-state index in [-0.39, 0.29) is 11.8 Å². The molecule has 0 unspecified atom stereocenters. The highest BCUT2D eigenvalue weighted by Gasteiger charge is 2.23. The number of carbonyl (C=O) groups excluding carboxylic acids is 1. The van der Waals surface area contributed by atoms with E-state index in [1.807, 2.05) is 12.1 Å². The molecule has 1 aliphatic rings. The predicted molar refractivity (Wildman–Crippen MR) is 109 cm³/mol. The molecule has 28 heavy (non-hydrogen) atoms. The van der Waals surface area contributed by atoms with Gasteiger partial charge in [0, 0.05) is 24.3 Å². The Bertz CT molecular complexity index is 947.